The molecular weight excluding hydrogens is 298 g/mol. The van der Waals surface area contributed by atoms with Crippen molar-refractivity contribution in [2.45, 2.75) is 50.3 Å². The number of halogens is 1. The highest BCUT2D eigenvalue weighted by atomic mass is 35.5. The van der Waals surface area contributed by atoms with Gasteiger partial charge in [-0.25, -0.2) is 8.42 Å². The van der Waals surface area contributed by atoms with Crippen molar-refractivity contribution in [1.29, 1.82) is 0 Å². The second-order valence-electron chi connectivity index (χ2n) is 5.45. The van der Waals surface area contributed by atoms with E-state index < -0.39 is 21.1 Å². The van der Waals surface area contributed by atoms with E-state index in [0.717, 1.165) is 30.7 Å². The van der Waals surface area contributed by atoms with Gasteiger partial charge in [-0.3, -0.25) is 4.68 Å². The topological polar surface area (TPSA) is 78.0 Å². The molecule has 0 saturated carbocycles. The van der Waals surface area contributed by atoms with Crippen LogP contribution in [0.2, 0.25) is 5.02 Å². The molecule has 2 rings (SSSR count). The van der Waals surface area contributed by atoms with Crippen LogP contribution in [0.15, 0.2) is 0 Å². The Morgan fingerprint density at radius 3 is 2.75 bits per heavy atom. The molecule has 2 atom stereocenters. The van der Waals surface area contributed by atoms with Gasteiger partial charge >= 0.3 is 0 Å². The molecule has 0 spiro atoms. The first-order chi connectivity index (χ1) is 9.36. The van der Waals surface area contributed by atoms with E-state index in [0.29, 0.717) is 17.9 Å². The molecule has 2 heterocycles. The quantitative estimate of drug-likeness (QED) is 0.911. The summed E-state index contributed by atoms with van der Waals surface area (Å²) < 4.78 is 25.9. The smallest absolute Gasteiger partial charge is 0.154 e. The molecule has 1 fully saturated rings. The van der Waals surface area contributed by atoms with Gasteiger partial charge in [0.15, 0.2) is 9.84 Å². The lowest BCUT2D eigenvalue weighted by molar-refractivity contribution is 0.488. The molecule has 7 heteroatoms. The Bertz CT molecular complexity index is 583. The van der Waals surface area contributed by atoms with Crippen LogP contribution in [0, 0.1) is 0 Å². The highest BCUT2D eigenvalue weighted by Crippen LogP contribution is 2.26. The lowest BCUT2D eigenvalue weighted by Gasteiger charge is -2.27. The van der Waals surface area contributed by atoms with Gasteiger partial charge in [-0.2, -0.15) is 5.10 Å². The molecule has 1 aliphatic heterocycles. The largest absolute Gasteiger partial charge is 0.326 e. The van der Waals surface area contributed by atoms with Crippen molar-refractivity contribution in [1.82, 2.24) is 9.78 Å². The molecule has 20 heavy (non-hydrogen) atoms. The molecule has 5 nitrogen and oxygen atoms in total. The van der Waals surface area contributed by atoms with E-state index in [2.05, 4.69) is 5.10 Å². The highest BCUT2D eigenvalue weighted by Gasteiger charge is 2.34. The van der Waals surface area contributed by atoms with Crippen molar-refractivity contribution in [3.05, 3.63) is 16.4 Å². The van der Waals surface area contributed by atoms with Crippen LogP contribution in [-0.2, 0) is 29.7 Å². The van der Waals surface area contributed by atoms with Crippen molar-refractivity contribution in [3.8, 4) is 0 Å². The monoisotopic (exact) mass is 319 g/mol. The molecule has 0 aromatic carbocycles. The minimum absolute atomic E-state index is 0.255. The Morgan fingerprint density at radius 1 is 1.50 bits per heavy atom. The summed E-state index contributed by atoms with van der Waals surface area (Å²) in [7, 11) is -1.24. The van der Waals surface area contributed by atoms with E-state index >= 15 is 0 Å². The van der Waals surface area contributed by atoms with Crippen LogP contribution in [0.3, 0.4) is 0 Å². The fourth-order valence-corrected chi connectivity index (χ4v) is 5.29. The maximum atomic E-state index is 12.1. The number of rotatable bonds is 4. The maximum Gasteiger partial charge on any atom is 0.154 e. The number of hydrogen-bond acceptors (Lipinski definition) is 4. The molecule has 1 aromatic heterocycles. The molecule has 2 unspecified atom stereocenters. The average Bonchev–Trinajstić information content (AvgIpc) is 2.65. The molecule has 0 aliphatic carbocycles. The van der Waals surface area contributed by atoms with E-state index in [1.807, 2.05) is 14.0 Å². The summed E-state index contributed by atoms with van der Waals surface area (Å²) in [6.07, 6.45) is 3.53. The zero-order chi connectivity index (χ0) is 14.9. The summed E-state index contributed by atoms with van der Waals surface area (Å²) in [5, 5.41) is 4.52. The second-order valence-corrected chi connectivity index (χ2v) is 8.17. The van der Waals surface area contributed by atoms with Crippen LogP contribution in [-0.4, -0.2) is 35.2 Å². The van der Waals surface area contributed by atoms with E-state index in [1.165, 1.54) is 0 Å². The lowest BCUT2D eigenvalue weighted by atomic mass is 10.0. The Labute approximate surface area is 125 Å². The molecule has 2 N–H and O–H groups in total. The van der Waals surface area contributed by atoms with E-state index in [1.54, 1.807) is 4.68 Å². The zero-order valence-electron chi connectivity index (χ0n) is 12.0. The summed E-state index contributed by atoms with van der Waals surface area (Å²) >= 11 is 6.30. The van der Waals surface area contributed by atoms with Crippen LogP contribution >= 0.6 is 11.6 Å². The van der Waals surface area contributed by atoms with Crippen LogP contribution in [0.4, 0.5) is 0 Å². The normalized spacial score (nSPS) is 23.7. The summed E-state index contributed by atoms with van der Waals surface area (Å²) in [5.74, 6) is 0.255. The SMILES string of the molecule is CCc1nn(C)c(CC(N)C2CCCCS2(=O)=O)c1Cl. The van der Waals surface area contributed by atoms with Gasteiger partial charge in [-0.1, -0.05) is 24.9 Å². The maximum absolute atomic E-state index is 12.1. The standard InChI is InChI=1S/C13H22ClN3O2S/c1-3-10-13(14)11(17(2)16-10)8-9(15)12-6-4-5-7-20(12,18)19/h9,12H,3-8,15H2,1-2H3. The lowest BCUT2D eigenvalue weighted by Crippen LogP contribution is -2.45. The molecule has 0 radical (unpaired) electrons. The third-order valence-electron chi connectivity index (χ3n) is 4.04. The van der Waals surface area contributed by atoms with Crippen molar-refractivity contribution in [2.24, 2.45) is 12.8 Å². The Hall–Kier alpha value is -0.590. The van der Waals surface area contributed by atoms with Crippen molar-refractivity contribution in [2.75, 3.05) is 5.75 Å². The van der Waals surface area contributed by atoms with E-state index in [9.17, 15) is 8.42 Å². The third-order valence-corrected chi connectivity index (χ3v) is 6.84. The Balaban J connectivity index is 2.19. The van der Waals surface area contributed by atoms with Gasteiger partial charge in [-0.15, -0.1) is 0 Å². The van der Waals surface area contributed by atoms with Crippen molar-refractivity contribution < 1.29 is 8.42 Å². The predicted octanol–water partition coefficient (Wildman–Crippen LogP) is 1.47. The van der Waals surface area contributed by atoms with Crippen molar-refractivity contribution in [3.63, 3.8) is 0 Å². The summed E-state index contributed by atoms with van der Waals surface area (Å²) in [6, 6.07) is -0.419. The van der Waals surface area contributed by atoms with Gasteiger partial charge in [0, 0.05) is 19.5 Å². The highest BCUT2D eigenvalue weighted by molar-refractivity contribution is 7.92. The number of nitrogens with zero attached hydrogens (tertiary/aromatic N) is 2. The van der Waals surface area contributed by atoms with Gasteiger partial charge in [0.1, 0.15) is 0 Å². The number of nitrogens with two attached hydrogens (primary N) is 1. The first-order valence-corrected chi connectivity index (χ1v) is 9.13. The molecule has 0 amide bonds. The van der Waals surface area contributed by atoms with Gasteiger partial charge in [-0.05, 0) is 19.3 Å². The minimum Gasteiger partial charge on any atom is -0.326 e. The number of sulfone groups is 1. The van der Waals surface area contributed by atoms with Gasteiger partial charge in [0.05, 0.1) is 27.4 Å². The van der Waals surface area contributed by atoms with E-state index in [4.69, 9.17) is 17.3 Å². The fraction of sp³-hybridized carbons (Fsp3) is 0.769. The molecule has 1 aliphatic rings. The second kappa shape index (κ2) is 6.03. The predicted molar refractivity (Wildman–Crippen MR) is 80.7 cm³/mol. The minimum atomic E-state index is -3.07. The number of aryl methyl sites for hydroxylation is 2. The fourth-order valence-electron chi connectivity index (χ4n) is 2.86. The van der Waals surface area contributed by atoms with Crippen molar-refractivity contribution >= 4 is 21.4 Å². The summed E-state index contributed by atoms with van der Waals surface area (Å²) in [5.41, 5.74) is 7.83. The Kier molecular flexibility index (Phi) is 4.76. The zero-order valence-corrected chi connectivity index (χ0v) is 13.5. The van der Waals surface area contributed by atoms with Crippen LogP contribution in [0.5, 0.6) is 0 Å². The number of hydrogen-bond donors (Lipinski definition) is 1. The average molecular weight is 320 g/mol. The molecular formula is C13H22ClN3O2S. The van der Waals surface area contributed by atoms with E-state index in [-0.39, 0.29) is 5.75 Å². The van der Waals surface area contributed by atoms with Crippen LogP contribution in [0.1, 0.15) is 37.6 Å². The van der Waals surface area contributed by atoms with Gasteiger partial charge in [0.2, 0.25) is 0 Å². The van der Waals surface area contributed by atoms with Crippen LogP contribution in [0.25, 0.3) is 0 Å². The third kappa shape index (κ3) is 3.02. The van der Waals surface area contributed by atoms with Crippen LogP contribution < -0.4 is 5.73 Å². The molecule has 1 saturated heterocycles. The first kappa shape index (κ1) is 15.8. The molecule has 114 valence electrons. The first-order valence-electron chi connectivity index (χ1n) is 7.04. The van der Waals surface area contributed by atoms with Gasteiger partial charge < -0.3 is 5.73 Å². The number of aromatic nitrogens is 2. The summed E-state index contributed by atoms with van der Waals surface area (Å²) in [6.45, 7) is 1.99. The summed E-state index contributed by atoms with van der Waals surface area (Å²) in [4.78, 5) is 0. The van der Waals surface area contributed by atoms with Gasteiger partial charge in [0.25, 0.3) is 0 Å². The molecule has 0 bridgehead atoms. The molecule has 1 aromatic rings. The Morgan fingerprint density at radius 2 is 2.20 bits per heavy atom.